The Balaban J connectivity index is 1.83. The summed E-state index contributed by atoms with van der Waals surface area (Å²) < 4.78 is 5.52. The van der Waals surface area contributed by atoms with Crippen molar-refractivity contribution in [2.45, 2.75) is 45.2 Å². The van der Waals surface area contributed by atoms with E-state index in [1.807, 2.05) is 13.8 Å². The lowest BCUT2D eigenvalue weighted by atomic mass is 10.1. The van der Waals surface area contributed by atoms with Crippen molar-refractivity contribution in [3.8, 4) is 0 Å². The zero-order valence-electron chi connectivity index (χ0n) is 11.8. The van der Waals surface area contributed by atoms with Crippen molar-refractivity contribution in [2.24, 2.45) is 5.92 Å². The lowest BCUT2D eigenvalue weighted by Crippen LogP contribution is -2.46. The van der Waals surface area contributed by atoms with E-state index >= 15 is 0 Å². The van der Waals surface area contributed by atoms with Crippen LogP contribution in [0.1, 0.15) is 43.9 Å². The van der Waals surface area contributed by atoms with Crippen LogP contribution in [0.15, 0.2) is 10.6 Å². The maximum atomic E-state index is 12.6. The second kappa shape index (κ2) is 4.92. The van der Waals surface area contributed by atoms with Gasteiger partial charge in [-0.25, -0.2) is 4.98 Å². The Labute approximate surface area is 117 Å². The van der Waals surface area contributed by atoms with Gasteiger partial charge in [-0.2, -0.15) is 0 Å². The molecule has 2 fully saturated rings. The first kappa shape index (κ1) is 13.1. The van der Waals surface area contributed by atoms with Gasteiger partial charge < -0.3 is 14.6 Å². The normalized spacial score (nSPS) is 25.3. The summed E-state index contributed by atoms with van der Waals surface area (Å²) in [6.45, 7) is 4.13. The summed E-state index contributed by atoms with van der Waals surface area (Å²) in [5, 5.41) is 2.85. The third-order valence-corrected chi connectivity index (χ3v) is 4.00. The molecule has 1 aromatic heterocycles. The maximum Gasteiger partial charge on any atom is 0.246 e. The highest BCUT2D eigenvalue weighted by atomic mass is 16.4. The summed E-state index contributed by atoms with van der Waals surface area (Å²) in [6.07, 6.45) is 4.00. The second-order valence-electron chi connectivity index (χ2n) is 5.65. The summed E-state index contributed by atoms with van der Waals surface area (Å²) in [7, 11) is 0. The van der Waals surface area contributed by atoms with Crippen molar-refractivity contribution < 1.29 is 14.0 Å². The predicted molar refractivity (Wildman–Crippen MR) is 70.6 cm³/mol. The topological polar surface area (TPSA) is 75.4 Å². The van der Waals surface area contributed by atoms with Crippen LogP contribution in [-0.4, -0.2) is 34.3 Å². The van der Waals surface area contributed by atoms with Crippen molar-refractivity contribution in [1.29, 1.82) is 0 Å². The van der Waals surface area contributed by atoms with E-state index in [0.29, 0.717) is 24.8 Å². The molecule has 2 heterocycles. The highest BCUT2D eigenvalue weighted by Crippen LogP contribution is 2.35. The average molecular weight is 277 g/mol. The van der Waals surface area contributed by atoms with Crippen molar-refractivity contribution in [3.63, 3.8) is 0 Å². The number of carbonyl (C=O) groups excluding carboxylic acids is 2. The van der Waals surface area contributed by atoms with E-state index in [4.69, 9.17) is 4.42 Å². The Morgan fingerprint density at radius 3 is 2.80 bits per heavy atom. The molecule has 0 radical (unpaired) electrons. The van der Waals surface area contributed by atoms with Crippen molar-refractivity contribution in [3.05, 3.63) is 17.8 Å². The van der Waals surface area contributed by atoms with Crippen LogP contribution in [0.4, 0.5) is 0 Å². The average Bonchev–Trinajstić information content (AvgIpc) is 3.18. The van der Waals surface area contributed by atoms with Gasteiger partial charge in [0.25, 0.3) is 0 Å². The van der Waals surface area contributed by atoms with Crippen molar-refractivity contribution in [1.82, 2.24) is 15.2 Å². The van der Waals surface area contributed by atoms with Gasteiger partial charge in [0.15, 0.2) is 0 Å². The van der Waals surface area contributed by atoms with Crippen LogP contribution in [-0.2, 0) is 9.59 Å². The highest BCUT2D eigenvalue weighted by molar-refractivity contribution is 5.90. The molecule has 2 amide bonds. The molecule has 1 aliphatic carbocycles. The van der Waals surface area contributed by atoms with Crippen LogP contribution in [0.3, 0.4) is 0 Å². The van der Waals surface area contributed by atoms with Gasteiger partial charge in [-0.05, 0) is 32.6 Å². The fourth-order valence-corrected chi connectivity index (χ4v) is 2.65. The van der Waals surface area contributed by atoms with E-state index in [2.05, 4.69) is 10.3 Å². The molecular formula is C14H19N3O3. The van der Waals surface area contributed by atoms with Crippen LogP contribution in [0.25, 0.3) is 0 Å². The van der Waals surface area contributed by atoms with E-state index in [0.717, 1.165) is 18.6 Å². The Morgan fingerprint density at radius 1 is 1.45 bits per heavy atom. The number of carbonyl (C=O) groups is 2. The molecule has 1 saturated heterocycles. The van der Waals surface area contributed by atoms with Gasteiger partial charge in [0, 0.05) is 13.0 Å². The molecule has 2 atom stereocenters. The van der Waals surface area contributed by atoms with Gasteiger partial charge in [0.2, 0.25) is 17.7 Å². The predicted octanol–water partition coefficient (Wildman–Crippen LogP) is 1.17. The lowest BCUT2D eigenvalue weighted by molar-refractivity contribution is -0.136. The molecular weight excluding hydrogens is 258 g/mol. The van der Waals surface area contributed by atoms with Gasteiger partial charge in [-0.15, -0.1) is 0 Å². The Kier molecular flexibility index (Phi) is 3.23. The molecule has 1 aromatic rings. The zero-order chi connectivity index (χ0) is 14.3. The number of nitrogens with zero attached hydrogens (tertiary/aromatic N) is 2. The van der Waals surface area contributed by atoms with Gasteiger partial charge in [0.05, 0.1) is 6.20 Å². The standard InChI is InChI=1S/C14H19N3O3/c1-8-7-15-13(20-8)9(2)17-6-5-11(18)16-12(14(17)19)10-3-4-10/h7,9-10,12H,3-6H2,1-2H3,(H,16,18). The lowest BCUT2D eigenvalue weighted by Gasteiger charge is -2.28. The Morgan fingerprint density at radius 2 is 2.20 bits per heavy atom. The maximum absolute atomic E-state index is 12.6. The minimum atomic E-state index is -0.372. The fourth-order valence-electron chi connectivity index (χ4n) is 2.65. The number of nitrogens with one attached hydrogen (secondary N) is 1. The zero-order valence-corrected chi connectivity index (χ0v) is 11.8. The van der Waals surface area contributed by atoms with E-state index < -0.39 is 0 Å². The molecule has 0 spiro atoms. The number of aromatic nitrogens is 1. The largest absolute Gasteiger partial charge is 0.444 e. The van der Waals surface area contributed by atoms with E-state index in [1.165, 1.54) is 0 Å². The van der Waals surface area contributed by atoms with Crippen LogP contribution in [0.5, 0.6) is 0 Å². The Bertz CT molecular complexity index is 536. The smallest absolute Gasteiger partial charge is 0.246 e. The minimum Gasteiger partial charge on any atom is -0.444 e. The van der Waals surface area contributed by atoms with E-state index in [-0.39, 0.29) is 23.9 Å². The summed E-state index contributed by atoms with van der Waals surface area (Å²) >= 11 is 0. The number of rotatable bonds is 3. The first-order valence-electron chi connectivity index (χ1n) is 7.08. The van der Waals surface area contributed by atoms with Crippen molar-refractivity contribution in [2.75, 3.05) is 6.54 Å². The van der Waals surface area contributed by atoms with Gasteiger partial charge in [-0.1, -0.05) is 0 Å². The molecule has 0 aromatic carbocycles. The molecule has 1 N–H and O–H groups in total. The molecule has 6 nitrogen and oxygen atoms in total. The van der Waals surface area contributed by atoms with E-state index in [1.54, 1.807) is 11.1 Å². The number of aryl methyl sites for hydroxylation is 1. The summed E-state index contributed by atoms with van der Waals surface area (Å²) in [5.74, 6) is 1.49. The third-order valence-electron chi connectivity index (χ3n) is 4.00. The van der Waals surface area contributed by atoms with Gasteiger partial charge >= 0.3 is 0 Å². The van der Waals surface area contributed by atoms with E-state index in [9.17, 15) is 9.59 Å². The van der Waals surface area contributed by atoms with Gasteiger partial charge in [-0.3, -0.25) is 9.59 Å². The highest BCUT2D eigenvalue weighted by Gasteiger charge is 2.42. The molecule has 1 aliphatic heterocycles. The van der Waals surface area contributed by atoms with Crippen LogP contribution >= 0.6 is 0 Å². The second-order valence-corrected chi connectivity index (χ2v) is 5.65. The minimum absolute atomic E-state index is 0.0123. The quantitative estimate of drug-likeness (QED) is 0.900. The van der Waals surface area contributed by atoms with Crippen LogP contribution < -0.4 is 5.32 Å². The third kappa shape index (κ3) is 2.42. The molecule has 108 valence electrons. The molecule has 2 aliphatic rings. The SMILES string of the molecule is Cc1cnc(C(C)N2CCC(=O)NC(C3CC3)C2=O)o1. The number of amides is 2. The number of hydrogen-bond acceptors (Lipinski definition) is 4. The summed E-state index contributed by atoms with van der Waals surface area (Å²) in [5.41, 5.74) is 0. The molecule has 0 bridgehead atoms. The van der Waals surface area contributed by atoms with Crippen molar-refractivity contribution >= 4 is 11.8 Å². The summed E-state index contributed by atoms with van der Waals surface area (Å²) in [6, 6.07) is -0.617. The fraction of sp³-hybridized carbons (Fsp3) is 0.643. The molecule has 1 saturated carbocycles. The summed E-state index contributed by atoms with van der Waals surface area (Å²) in [4.78, 5) is 30.3. The number of oxazole rings is 1. The van der Waals surface area contributed by atoms with Gasteiger partial charge in [0.1, 0.15) is 17.8 Å². The first-order valence-corrected chi connectivity index (χ1v) is 7.08. The molecule has 3 rings (SSSR count). The van der Waals surface area contributed by atoms with Crippen LogP contribution in [0, 0.1) is 12.8 Å². The number of hydrogen-bond donors (Lipinski definition) is 1. The molecule has 6 heteroatoms. The first-order chi connectivity index (χ1) is 9.56. The van der Waals surface area contributed by atoms with Crippen LogP contribution in [0.2, 0.25) is 0 Å². The molecule has 2 unspecified atom stereocenters. The Hall–Kier alpha value is -1.85. The monoisotopic (exact) mass is 277 g/mol. The molecule has 20 heavy (non-hydrogen) atoms.